The van der Waals surface area contributed by atoms with Gasteiger partial charge in [0.1, 0.15) is 9.90 Å². The zero-order chi connectivity index (χ0) is 14.2. The van der Waals surface area contributed by atoms with Crippen molar-refractivity contribution in [3.8, 4) is 0 Å². The third-order valence-corrected chi connectivity index (χ3v) is 6.37. The largest absolute Gasteiger partial charge is 0.382 e. The van der Waals surface area contributed by atoms with Crippen LogP contribution in [0.3, 0.4) is 0 Å². The van der Waals surface area contributed by atoms with Crippen molar-refractivity contribution in [3.63, 3.8) is 0 Å². The van der Waals surface area contributed by atoms with Gasteiger partial charge in [-0.15, -0.1) is 0 Å². The maximum absolute atomic E-state index is 12.1. The predicted molar refractivity (Wildman–Crippen MR) is 78.6 cm³/mol. The molecule has 2 heterocycles. The summed E-state index contributed by atoms with van der Waals surface area (Å²) in [5.74, 6) is 0.184. The van der Waals surface area contributed by atoms with Crippen molar-refractivity contribution in [1.29, 1.82) is 0 Å². The summed E-state index contributed by atoms with van der Waals surface area (Å²) in [7, 11) is 0.757. The molecule has 0 aromatic carbocycles. The number of rotatable bonds is 4. The van der Waals surface area contributed by atoms with Crippen LogP contribution in [-0.2, 0) is 9.84 Å². The maximum Gasteiger partial charge on any atom is 0.184 e. The van der Waals surface area contributed by atoms with Gasteiger partial charge in [0.25, 0.3) is 0 Å². The third kappa shape index (κ3) is 2.70. The molecule has 1 unspecified atom stereocenters. The van der Waals surface area contributed by atoms with Gasteiger partial charge < -0.3 is 15.5 Å². The monoisotopic (exact) mass is 304 g/mol. The van der Waals surface area contributed by atoms with Crippen molar-refractivity contribution in [2.75, 3.05) is 43.6 Å². The van der Waals surface area contributed by atoms with E-state index in [-0.39, 0.29) is 16.5 Å². The average molecular weight is 304 g/mol. The molecular weight excluding hydrogens is 284 g/mol. The van der Waals surface area contributed by atoms with Crippen molar-refractivity contribution >= 4 is 32.2 Å². The van der Waals surface area contributed by atoms with E-state index >= 15 is 0 Å². The van der Waals surface area contributed by atoms with E-state index in [4.69, 9.17) is 5.73 Å². The molecule has 8 heteroatoms. The van der Waals surface area contributed by atoms with Gasteiger partial charge in [0.15, 0.2) is 15.7 Å². The minimum atomic E-state index is -3.32. The molecule has 19 heavy (non-hydrogen) atoms. The molecule has 2 rings (SSSR count). The van der Waals surface area contributed by atoms with Gasteiger partial charge >= 0.3 is 0 Å². The number of nitrogens with two attached hydrogens (primary N) is 1. The summed E-state index contributed by atoms with van der Waals surface area (Å²) < 4.78 is 28.3. The molecule has 6 nitrogen and oxygen atoms in total. The van der Waals surface area contributed by atoms with Crippen molar-refractivity contribution in [1.82, 2.24) is 9.27 Å². The normalized spacial score (nSPS) is 20.4. The van der Waals surface area contributed by atoms with Gasteiger partial charge in [-0.2, -0.15) is 4.37 Å². The molecule has 1 aliphatic rings. The second-order valence-corrected chi connectivity index (χ2v) is 7.92. The minimum Gasteiger partial charge on any atom is -0.382 e. The summed E-state index contributed by atoms with van der Waals surface area (Å²) in [4.78, 5) is 4.47. The second-order valence-electron chi connectivity index (χ2n) is 4.96. The summed E-state index contributed by atoms with van der Waals surface area (Å²) in [5, 5.41) is 0.698. The molecule has 0 bridgehead atoms. The topological polar surface area (TPSA) is 79.5 Å². The molecule has 1 aromatic heterocycles. The van der Waals surface area contributed by atoms with Crippen molar-refractivity contribution in [3.05, 3.63) is 0 Å². The van der Waals surface area contributed by atoms with Crippen LogP contribution in [0.25, 0.3) is 0 Å². The molecule has 2 N–H and O–H groups in total. The molecule has 1 atom stereocenters. The maximum atomic E-state index is 12.1. The van der Waals surface area contributed by atoms with E-state index in [1.807, 2.05) is 14.1 Å². The lowest BCUT2D eigenvalue weighted by Crippen LogP contribution is -2.31. The summed E-state index contributed by atoms with van der Waals surface area (Å²) >= 11 is 1.18. The van der Waals surface area contributed by atoms with Gasteiger partial charge in [-0.1, -0.05) is 6.92 Å². The van der Waals surface area contributed by atoms with E-state index in [9.17, 15) is 8.42 Å². The van der Waals surface area contributed by atoms with Gasteiger partial charge in [-0.05, 0) is 32.0 Å². The summed E-state index contributed by atoms with van der Waals surface area (Å²) in [6.45, 7) is 3.29. The molecule has 108 valence electrons. The van der Waals surface area contributed by atoms with E-state index in [0.29, 0.717) is 11.0 Å². The molecule has 1 saturated heterocycles. The smallest absolute Gasteiger partial charge is 0.184 e. The number of likely N-dealkylation sites (N-methyl/N-ethyl adjacent to an activating group) is 1. The molecular formula is C11H20N4O2S2. The van der Waals surface area contributed by atoms with Gasteiger partial charge in [0.05, 0.1) is 5.75 Å². The highest BCUT2D eigenvalue weighted by atomic mass is 32.2. The van der Waals surface area contributed by atoms with Gasteiger partial charge in [-0.25, -0.2) is 8.42 Å². The van der Waals surface area contributed by atoms with Gasteiger partial charge in [-0.3, -0.25) is 0 Å². The summed E-state index contributed by atoms with van der Waals surface area (Å²) in [6.07, 6.45) is 1.02. The van der Waals surface area contributed by atoms with Crippen LogP contribution in [0.1, 0.15) is 13.3 Å². The van der Waals surface area contributed by atoms with Crippen molar-refractivity contribution < 1.29 is 8.42 Å². The molecule has 0 radical (unpaired) electrons. The Bertz CT molecular complexity index is 553. The average Bonchev–Trinajstić information content (AvgIpc) is 2.95. The third-order valence-electron chi connectivity index (χ3n) is 3.53. The number of hydrogen-bond acceptors (Lipinski definition) is 7. The summed E-state index contributed by atoms with van der Waals surface area (Å²) in [6, 6.07) is 0.445. The molecule has 0 aliphatic carbocycles. The highest BCUT2D eigenvalue weighted by Crippen LogP contribution is 2.37. The van der Waals surface area contributed by atoms with E-state index in [1.54, 1.807) is 6.92 Å². The molecule has 0 saturated carbocycles. The van der Waals surface area contributed by atoms with Crippen LogP contribution >= 0.6 is 11.5 Å². The van der Waals surface area contributed by atoms with Crippen LogP contribution in [0.15, 0.2) is 4.90 Å². The lowest BCUT2D eigenvalue weighted by Gasteiger charge is -2.21. The summed E-state index contributed by atoms with van der Waals surface area (Å²) in [5.41, 5.74) is 5.75. The number of sulfone groups is 1. The Kier molecular flexibility index (Phi) is 4.03. The van der Waals surface area contributed by atoms with Crippen LogP contribution in [0, 0.1) is 0 Å². The molecule has 0 spiro atoms. The number of aromatic nitrogens is 1. The zero-order valence-electron chi connectivity index (χ0n) is 11.5. The lowest BCUT2D eigenvalue weighted by atomic mass is 10.2. The highest BCUT2D eigenvalue weighted by Gasteiger charge is 2.32. The van der Waals surface area contributed by atoms with E-state index in [2.05, 4.69) is 14.2 Å². The Morgan fingerprint density at radius 3 is 2.74 bits per heavy atom. The Morgan fingerprint density at radius 1 is 1.53 bits per heavy atom. The SMILES string of the molecule is CCS(=O)(=O)c1c(N)nsc1N1CCC(N(C)C)C1. The van der Waals surface area contributed by atoms with Crippen LogP contribution in [-0.4, -0.2) is 56.7 Å². The predicted octanol–water partition coefficient (Wildman–Crippen LogP) is 0.659. The zero-order valence-corrected chi connectivity index (χ0v) is 13.1. The standard InChI is InChI=1S/C11H20N4O2S2/c1-4-19(16,17)9-10(12)13-18-11(9)15-6-5-8(7-15)14(2)3/h8H,4-7H2,1-3H3,(H2,12,13). The quantitative estimate of drug-likeness (QED) is 0.880. The first-order valence-electron chi connectivity index (χ1n) is 6.26. The van der Waals surface area contributed by atoms with Gasteiger partial charge in [0, 0.05) is 19.1 Å². The van der Waals surface area contributed by atoms with E-state index < -0.39 is 9.84 Å². The fourth-order valence-electron chi connectivity index (χ4n) is 2.27. The first kappa shape index (κ1) is 14.5. The second kappa shape index (κ2) is 5.26. The number of nitrogens with zero attached hydrogens (tertiary/aromatic N) is 3. The van der Waals surface area contributed by atoms with Crippen LogP contribution in [0.4, 0.5) is 10.8 Å². The van der Waals surface area contributed by atoms with Crippen LogP contribution < -0.4 is 10.6 Å². The first-order chi connectivity index (χ1) is 8.86. The van der Waals surface area contributed by atoms with Gasteiger partial charge in [0.2, 0.25) is 0 Å². The highest BCUT2D eigenvalue weighted by molar-refractivity contribution is 7.91. The molecule has 1 fully saturated rings. The Labute approximate surface area is 118 Å². The van der Waals surface area contributed by atoms with Crippen LogP contribution in [0.2, 0.25) is 0 Å². The Morgan fingerprint density at radius 2 is 2.21 bits per heavy atom. The number of hydrogen-bond donors (Lipinski definition) is 1. The van der Waals surface area contributed by atoms with Crippen molar-refractivity contribution in [2.24, 2.45) is 0 Å². The molecule has 1 aliphatic heterocycles. The first-order valence-corrected chi connectivity index (χ1v) is 8.68. The fraction of sp³-hybridized carbons (Fsp3) is 0.727. The Hall–Kier alpha value is -0.860. The Balaban J connectivity index is 2.33. The number of nitrogen functional groups attached to an aromatic ring is 1. The molecule has 1 aromatic rings. The van der Waals surface area contributed by atoms with Crippen molar-refractivity contribution in [2.45, 2.75) is 24.3 Å². The number of anilines is 2. The lowest BCUT2D eigenvalue weighted by molar-refractivity contribution is 0.315. The molecule has 0 amide bonds. The van der Waals surface area contributed by atoms with E-state index in [0.717, 1.165) is 19.5 Å². The van der Waals surface area contributed by atoms with Crippen LogP contribution in [0.5, 0.6) is 0 Å². The minimum absolute atomic E-state index is 0.0492. The van der Waals surface area contributed by atoms with E-state index in [1.165, 1.54) is 11.5 Å². The fourth-order valence-corrected chi connectivity index (χ4v) is 4.61.